The number of likely N-dealkylation sites (N-methyl/N-ethyl adjacent to an activating group) is 1. The topological polar surface area (TPSA) is 17.3 Å². The van der Waals surface area contributed by atoms with E-state index in [2.05, 4.69) is 24.1 Å². The van der Waals surface area contributed by atoms with Gasteiger partial charge in [0.1, 0.15) is 0 Å². The van der Waals surface area contributed by atoms with Crippen LogP contribution in [0.15, 0.2) is 0 Å². The first-order valence-corrected chi connectivity index (χ1v) is 5.53. The van der Waals surface area contributed by atoms with Gasteiger partial charge in [0.2, 0.25) is 0 Å². The van der Waals surface area contributed by atoms with Crippen LogP contribution < -0.4 is 5.32 Å². The monoisotopic (exact) mass is 183 g/mol. The van der Waals surface area contributed by atoms with E-state index in [-0.39, 0.29) is 0 Å². The summed E-state index contributed by atoms with van der Waals surface area (Å²) < 4.78 is 0. The van der Waals surface area contributed by atoms with E-state index in [0.29, 0.717) is 6.04 Å². The van der Waals surface area contributed by atoms with Gasteiger partial charge in [-0.25, -0.2) is 5.32 Å². The number of likely N-dealkylation sites (tertiary alicyclic amines) is 1. The molecule has 1 radical (unpaired) electrons. The maximum absolute atomic E-state index is 4.29. The van der Waals surface area contributed by atoms with Crippen molar-refractivity contribution in [1.29, 1.82) is 0 Å². The minimum Gasteiger partial charge on any atom is -0.299 e. The van der Waals surface area contributed by atoms with Gasteiger partial charge in [-0.3, -0.25) is 4.90 Å². The van der Waals surface area contributed by atoms with Crippen LogP contribution in [0.2, 0.25) is 0 Å². The molecule has 1 unspecified atom stereocenters. The summed E-state index contributed by atoms with van der Waals surface area (Å²) in [5, 5.41) is 4.29. The lowest BCUT2D eigenvalue weighted by Crippen LogP contribution is -2.39. The molecule has 77 valence electrons. The first-order valence-electron chi connectivity index (χ1n) is 5.53. The first-order chi connectivity index (χ1) is 6.24. The first kappa shape index (κ1) is 11.0. The molecule has 0 aromatic carbocycles. The molecule has 0 saturated carbocycles. The maximum atomic E-state index is 4.29. The molecule has 0 N–H and O–H groups in total. The fourth-order valence-corrected chi connectivity index (χ4v) is 2.20. The molecule has 1 fully saturated rings. The van der Waals surface area contributed by atoms with E-state index in [4.69, 9.17) is 0 Å². The molecule has 1 atom stereocenters. The van der Waals surface area contributed by atoms with E-state index in [0.717, 1.165) is 12.5 Å². The van der Waals surface area contributed by atoms with Gasteiger partial charge in [-0.2, -0.15) is 0 Å². The highest BCUT2D eigenvalue weighted by Gasteiger charge is 2.21. The summed E-state index contributed by atoms with van der Waals surface area (Å²) in [6, 6.07) is 0.715. The second-order valence-corrected chi connectivity index (χ2v) is 4.53. The molecular formula is C11H23N2. The van der Waals surface area contributed by atoms with Crippen LogP contribution in [0.25, 0.3) is 0 Å². The molecule has 1 rings (SSSR count). The minimum atomic E-state index is 0.715. The second-order valence-electron chi connectivity index (χ2n) is 4.53. The van der Waals surface area contributed by atoms with Crippen LogP contribution in [0.4, 0.5) is 0 Å². The fraction of sp³-hybridized carbons (Fsp3) is 1.00. The Bertz CT molecular complexity index is 128. The van der Waals surface area contributed by atoms with Crippen LogP contribution in [-0.2, 0) is 0 Å². The SMILES string of the molecule is C[N]CC(CC(C)C)N1CCCC1. The van der Waals surface area contributed by atoms with Crippen molar-refractivity contribution in [3.05, 3.63) is 0 Å². The summed E-state index contributed by atoms with van der Waals surface area (Å²) in [4.78, 5) is 2.62. The van der Waals surface area contributed by atoms with Crippen molar-refractivity contribution < 1.29 is 0 Å². The molecule has 1 saturated heterocycles. The smallest absolute Gasteiger partial charge is 0.0286 e. The lowest BCUT2D eigenvalue weighted by molar-refractivity contribution is 0.209. The highest BCUT2D eigenvalue weighted by Crippen LogP contribution is 2.17. The Kier molecular flexibility index (Phi) is 4.74. The van der Waals surface area contributed by atoms with Crippen molar-refractivity contribution >= 4 is 0 Å². The highest BCUT2D eigenvalue weighted by molar-refractivity contribution is 4.78. The van der Waals surface area contributed by atoms with Gasteiger partial charge in [0.05, 0.1) is 0 Å². The van der Waals surface area contributed by atoms with Gasteiger partial charge in [0.25, 0.3) is 0 Å². The van der Waals surface area contributed by atoms with Crippen molar-refractivity contribution in [2.45, 2.75) is 39.2 Å². The second kappa shape index (κ2) is 5.61. The Labute approximate surface area is 82.7 Å². The largest absolute Gasteiger partial charge is 0.299 e. The average molecular weight is 183 g/mol. The zero-order valence-corrected chi connectivity index (χ0v) is 9.29. The Hall–Kier alpha value is -0.0800. The van der Waals surface area contributed by atoms with Gasteiger partial charge in [0, 0.05) is 19.6 Å². The molecular weight excluding hydrogens is 160 g/mol. The maximum Gasteiger partial charge on any atom is 0.0286 e. The Morgan fingerprint density at radius 1 is 1.23 bits per heavy atom. The number of hydrogen-bond acceptors (Lipinski definition) is 1. The molecule has 0 aliphatic carbocycles. The average Bonchev–Trinajstić information content (AvgIpc) is 2.54. The molecule has 0 spiro atoms. The zero-order chi connectivity index (χ0) is 9.68. The Morgan fingerprint density at radius 3 is 2.31 bits per heavy atom. The van der Waals surface area contributed by atoms with Crippen molar-refractivity contribution in [3.63, 3.8) is 0 Å². The number of nitrogens with zero attached hydrogens (tertiary/aromatic N) is 2. The lowest BCUT2D eigenvalue weighted by atomic mass is 10.0. The summed E-state index contributed by atoms with van der Waals surface area (Å²) in [7, 11) is 1.93. The van der Waals surface area contributed by atoms with Gasteiger partial charge in [-0.1, -0.05) is 13.8 Å². The van der Waals surface area contributed by atoms with E-state index in [1.807, 2.05) is 7.05 Å². The van der Waals surface area contributed by atoms with Crippen molar-refractivity contribution in [3.8, 4) is 0 Å². The third-order valence-corrected chi connectivity index (χ3v) is 2.79. The molecule has 1 heterocycles. The van der Waals surface area contributed by atoms with Crippen molar-refractivity contribution in [2.75, 3.05) is 26.7 Å². The van der Waals surface area contributed by atoms with Crippen LogP contribution in [0, 0.1) is 5.92 Å². The van der Waals surface area contributed by atoms with Crippen molar-refractivity contribution in [2.24, 2.45) is 5.92 Å². The minimum absolute atomic E-state index is 0.715. The Balaban J connectivity index is 2.35. The van der Waals surface area contributed by atoms with Gasteiger partial charge >= 0.3 is 0 Å². The summed E-state index contributed by atoms with van der Waals surface area (Å²) >= 11 is 0. The van der Waals surface area contributed by atoms with Crippen molar-refractivity contribution in [1.82, 2.24) is 10.2 Å². The van der Waals surface area contributed by atoms with Crippen LogP contribution in [0.3, 0.4) is 0 Å². The summed E-state index contributed by atoms with van der Waals surface area (Å²) in [5.41, 5.74) is 0. The Morgan fingerprint density at radius 2 is 1.85 bits per heavy atom. The van der Waals surface area contributed by atoms with Gasteiger partial charge < -0.3 is 0 Å². The molecule has 0 aromatic rings. The van der Waals surface area contributed by atoms with E-state index < -0.39 is 0 Å². The van der Waals surface area contributed by atoms with Gasteiger partial charge in [-0.05, 0) is 38.3 Å². The van der Waals surface area contributed by atoms with Crippen LogP contribution >= 0.6 is 0 Å². The predicted molar refractivity (Wildman–Crippen MR) is 57.0 cm³/mol. The summed E-state index contributed by atoms with van der Waals surface area (Å²) in [6.45, 7) is 8.23. The number of hydrogen-bond donors (Lipinski definition) is 0. The normalized spacial score (nSPS) is 21.2. The van der Waals surface area contributed by atoms with E-state index >= 15 is 0 Å². The summed E-state index contributed by atoms with van der Waals surface area (Å²) in [6.07, 6.45) is 4.08. The third kappa shape index (κ3) is 3.65. The van der Waals surface area contributed by atoms with Crippen LogP contribution in [0.5, 0.6) is 0 Å². The number of rotatable bonds is 5. The molecule has 2 heteroatoms. The van der Waals surface area contributed by atoms with E-state index in [1.54, 1.807) is 0 Å². The summed E-state index contributed by atoms with van der Waals surface area (Å²) in [5.74, 6) is 0.798. The van der Waals surface area contributed by atoms with E-state index in [9.17, 15) is 0 Å². The molecule has 2 nitrogen and oxygen atoms in total. The third-order valence-electron chi connectivity index (χ3n) is 2.79. The fourth-order valence-electron chi connectivity index (χ4n) is 2.20. The van der Waals surface area contributed by atoms with Gasteiger partial charge in [0.15, 0.2) is 0 Å². The molecule has 0 amide bonds. The van der Waals surface area contributed by atoms with E-state index in [1.165, 1.54) is 32.4 Å². The zero-order valence-electron chi connectivity index (χ0n) is 9.29. The van der Waals surface area contributed by atoms with Crippen LogP contribution in [0.1, 0.15) is 33.1 Å². The molecule has 1 aliphatic rings. The molecule has 1 aliphatic heterocycles. The highest BCUT2D eigenvalue weighted by atomic mass is 15.2. The van der Waals surface area contributed by atoms with Gasteiger partial charge in [-0.15, -0.1) is 0 Å². The van der Waals surface area contributed by atoms with Crippen LogP contribution in [-0.4, -0.2) is 37.6 Å². The molecule has 0 aromatic heterocycles. The quantitative estimate of drug-likeness (QED) is 0.634. The lowest BCUT2D eigenvalue weighted by Gasteiger charge is -2.28. The molecule has 13 heavy (non-hydrogen) atoms. The molecule has 0 bridgehead atoms. The standard InChI is InChI=1S/C11H23N2/c1-10(2)8-11(9-12-3)13-6-4-5-7-13/h10-11H,4-9H2,1-3H3. The predicted octanol–water partition coefficient (Wildman–Crippen LogP) is 1.73.